The summed E-state index contributed by atoms with van der Waals surface area (Å²) in [5.41, 5.74) is 3.86. The van der Waals surface area contributed by atoms with Crippen LogP contribution >= 0.6 is 31.9 Å². The van der Waals surface area contributed by atoms with E-state index in [-0.39, 0.29) is 0 Å². The molecular formula is C16H17Br2N. The molecule has 19 heavy (non-hydrogen) atoms. The summed E-state index contributed by atoms with van der Waals surface area (Å²) in [6.45, 7) is 5.15. The highest BCUT2D eigenvalue weighted by Gasteiger charge is 2.06. The van der Waals surface area contributed by atoms with Crippen LogP contribution in [0.2, 0.25) is 0 Å². The number of halogens is 2. The highest BCUT2D eigenvalue weighted by molar-refractivity contribution is 9.10. The van der Waals surface area contributed by atoms with Crippen LogP contribution in [0.1, 0.15) is 29.7 Å². The van der Waals surface area contributed by atoms with E-state index in [0.29, 0.717) is 6.04 Å². The normalized spacial score (nSPS) is 12.4. The summed E-state index contributed by atoms with van der Waals surface area (Å²) in [4.78, 5) is 0. The van der Waals surface area contributed by atoms with E-state index in [1.807, 2.05) is 0 Å². The second-order valence-corrected chi connectivity index (χ2v) is 6.52. The molecule has 0 unspecified atom stereocenters. The van der Waals surface area contributed by atoms with Crippen molar-refractivity contribution in [1.82, 2.24) is 5.32 Å². The molecule has 3 heteroatoms. The average Bonchev–Trinajstić information content (AvgIpc) is 2.38. The first-order chi connectivity index (χ1) is 9.06. The van der Waals surface area contributed by atoms with Gasteiger partial charge < -0.3 is 5.32 Å². The van der Waals surface area contributed by atoms with Crippen molar-refractivity contribution in [2.24, 2.45) is 0 Å². The number of rotatable bonds is 4. The molecule has 0 fully saturated rings. The zero-order chi connectivity index (χ0) is 13.8. The SMILES string of the molecule is Cc1ccc(CN[C@@H](C)c2ccc(Br)cc2)c(Br)c1. The zero-order valence-corrected chi connectivity index (χ0v) is 14.3. The van der Waals surface area contributed by atoms with Crippen molar-refractivity contribution >= 4 is 31.9 Å². The zero-order valence-electron chi connectivity index (χ0n) is 11.1. The molecule has 0 aliphatic heterocycles. The van der Waals surface area contributed by atoms with E-state index in [4.69, 9.17) is 0 Å². The van der Waals surface area contributed by atoms with Gasteiger partial charge in [0.15, 0.2) is 0 Å². The third-order valence-corrected chi connectivity index (χ3v) is 4.44. The van der Waals surface area contributed by atoms with Crippen molar-refractivity contribution in [2.75, 3.05) is 0 Å². The van der Waals surface area contributed by atoms with Gasteiger partial charge in [0, 0.05) is 21.5 Å². The molecule has 0 amide bonds. The Bertz CT molecular complexity index is 549. The summed E-state index contributed by atoms with van der Waals surface area (Å²) in [7, 11) is 0. The van der Waals surface area contributed by atoms with Crippen molar-refractivity contribution in [1.29, 1.82) is 0 Å². The van der Waals surface area contributed by atoms with Crippen LogP contribution in [-0.4, -0.2) is 0 Å². The van der Waals surface area contributed by atoms with Gasteiger partial charge in [0.2, 0.25) is 0 Å². The van der Waals surface area contributed by atoms with Crippen molar-refractivity contribution in [3.05, 3.63) is 68.1 Å². The molecule has 100 valence electrons. The summed E-state index contributed by atoms with van der Waals surface area (Å²) >= 11 is 7.08. The van der Waals surface area contributed by atoms with Crippen LogP contribution in [0.25, 0.3) is 0 Å². The van der Waals surface area contributed by atoms with Gasteiger partial charge in [0.1, 0.15) is 0 Å². The van der Waals surface area contributed by atoms with Gasteiger partial charge in [-0.25, -0.2) is 0 Å². The first-order valence-corrected chi connectivity index (χ1v) is 7.89. The van der Waals surface area contributed by atoms with E-state index in [0.717, 1.165) is 11.0 Å². The van der Waals surface area contributed by atoms with Gasteiger partial charge in [-0.1, -0.05) is 56.1 Å². The van der Waals surface area contributed by atoms with Gasteiger partial charge in [-0.15, -0.1) is 0 Å². The molecule has 0 bridgehead atoms. The van der Waals surface area contributed by atoms with Crippen LogP contribution in [0.15, 0.2) is 51.4 Å². The van der Waals surface area contributed by atoms with Crippen molar-refractivity contribution < 1.29 is 0 Å². The van der Waals surface area contributed by atoms with E-state index >= 15 is 0 Å². The molecule has 0 aliphatic rings. The number of aryl methyl sites for hydroxylation is 1. The lowest BCUT2D eigenvalue weighted by Gasteiger charge is -2.15. The van der Waals surface area contributed by atoms with Crippen LogP contribution in [0.5, 0.6) is 0 Å². The quantitative estimate of drug-likeness (QED) is 0.749. The Morgan fingerprint density at radius 2 is 1.74 bits per heavy atom. The molecule has 2 aromatic carbocycles. The second kappa shape index (κ2) is 6.69. The fraction of sp³-hybridized carbons (Fsp3) is 0.250. The third kappa shape index (κ3) is 4.16. The number of hydrogen-bond donors (Lipinski definition) is 1. The highest BCUT2D eigenvalue weighted by atomic mass is 79.9. The van der Waals surface area contributed by atoms with E-state index in [1.54, 1.807) is 0 Å². The smallest absolute Gasteiger partial charge is 0.0294 e. The molecule has 0 saturated heterocycles. The average molecular weight is 383 g/mol. The maximum atomic E-state index is 3.62. The van der Waals surface area contributed by atoms with Crippen molar-refractivity contribution in [2.45, 2.75) is 26.4 Å². The Morgan fingerprint density at radius 3 is 2.37 bits per heavy atom. The molecular weight excluding hydrogens is 366 g/mol. The maximum Gasteiger partial charge on any atom is 0.0294 e. The number of nitrogens with one attached hydrogen (secondary N) is 1. The Kier molecular flexibility index (Phi) is 5.20. The Balaban J connectivity index is 2.00. The first-order valence-electron chi connectivity index (χ1n) is 6.30. The molecule has 1 N–H and O–H groups in total. The second-order valence-electron chi connectivity index (χ2n) is 4.75. The van der Waals surface area contributed by atoms with E-state index in [9.17, 15) is 0 Å². The molecule has 0 saturated carbocycles. The predicted octanol–water partition coefficient (Wildman–Crippen LogP) is 5.37. The summed E-state index contributed by atoms with van der Waals surface area (Å²) in [5.74, 6) is 0. The van der Waals surface area contributed by atoms with E-state index < -0.39 is 0 Å². The summed E-state index contributed by atoms with van der Waals surface area (Å²) in [6, 6.07) is 15.2. The summed E-state index contributed by atoms with van der Waals surface area (Å²) in [6.07, 6.45) is 0. The minimum absolute atomic E-state index is 0.335. The summed E-state index contributed by atoms with van der Waals surface area (Å²) < 4.78 is 2.28. The van der Waals surface area contributed by atoms with Gasteiger partial charge in [0.05, 0.1) is 0 Å². The largest absolute Gasteiger partial charge is 0.306 e. The monoisotopic (exact) mass is 381 g/mol. The molecule has 0 heterocycles. The minimum Gasteiger partial charge on any atom is -0.306 e. The highest BCUT2D eigenvalue weighted by Crippen LogP contribution is 2.20. The lowest BCUT2D eigenvalue weighted by molar-refractivity contribution is 0.573. The first kappa shape index (κ1) is 14.8. The van der Waals surface area contributed by atoms with Crippen LogP contribution in [0.4, 0.5) is 0 Å². The van der Waals surface area contributed by atoms with Crippen LogP contribution in [0, 0.1) is 6.92 Å². The molecule has 2 aromatic rings. The predicted molar refractivity (Wildman–Crippen MR) is 88.3 cm³/mol. The van der Waals surface area contributed by atoms with Crippen LogP contribution in [0.3, 0.4) is 0 Å². The molecule has 0 radical (unpaired) electrons. The third-order valence-electron chi connectivity index (χ3n) is 3.18. The lowest BCUT2D eigenvalue weighted by Crippen LogP contribution is -2.18. The van der Waals surface area contributed by atoms with Crippen molar-refractivity contribution in [3.63, 3.8) is 0 Å². The lowest BCUT2D eigenvalue weighted by atomic mass is 10.1. The van der Waals surface area contributed by atoms with Gasteiger partial charge in [0.25, 0.3) is 0 Å². The van der Waals surface area contributed by atoms with Crippen LogP contribution < -0.4 is 5.32 Å². The molecule has 1 atom stereocenters. The molecule has 1 nitrogen and oxygen atoms in total. The van der Waals surface area contributed by atoms with E-state index in [1.165, 1.54) is 21.2 Å². The van der Waals surface area contributed by atoms with Gasteiger partial charge in [-0.05, 0) is 48.7 Å². The molecule has 0 aromatic heterocycles. The fourth-order valence-electron chi connectivity index (χ4n) is 1.93. The summed E-state index contributed by atoms with van der Waals surface area (Å²) in [5, 5.41) is 3.55. The molecule has 0 aliphatic carbocycles. The van der Waals surface area contributed by atoms with E-state index in [2.05, 4.69) is 93.5 Å². The maximum absolute atomic E-state index is 3.62. The molecule has 2 rings (SSSR count). The molecule has 0 spiro atoms. The van der Waals surface area contributed by atoms with Crippen LogP contribution in [-0.2, 0) is 6.54 Å². The minimum atomic E-state index is 0.335. The van der Waals surface area contributed by atoms with Crippen molar-refractivity contribution in [3.8, 4) is 0 Å². The number of benzene rings is 2. The topological polar surface area (TPSA) is 12.0 Å². The Hall–Kier alpha value is -0.640. The van der Waals surface area contributed by atoms with Gasteiger partial charge >= 0.3 is 0 Å². The standard InChI is InChI=1S/C16H17Br2N/c1-11-3-4-14(16(18)9-11)10-19-12(2)13-5-7-15(17)8-6-13/h3-9,12,19H,10H2,1-2H3/t12-/m0/s1. The Morgan fingerprint density at radius 1 is 1.05 bits per heavy atom. The number of hydrogen-bond acceptors (Lipinski definition) is 1. The van der Waals surface area contributed by atoms with Gasteiger partial charge in [-0.3, -0.25) is 0 Å². The Labute approximate surface area is 131 Å². The fourth-order valence-corrected chi connectivity index (χ4v) is 2.83. The van der Waals surface area contributed by atoms with Gasteiger partial charge in [-0.2, -0.15) is 0 Å².